The van der Waals surface area contributed by atoms with Crippen molar-refractivity contribution < 1.29 is 14.5 Å². The number of piperazine rings is 1. The van der Waals surface area contributed by atoms with E-state index >= 15 is 0 Å². The maximum absolute atomic E-state index is 13.8. The largest absolute Gasteiger partial charge is 0.338 e. The Kier molecular flexibility index (Phi) is 9.06. The molecular formula is C32H37N5O4. The molecule has 5 rings (SSSR count). The monoisotopic (exact) mass is 555 g/mol. The summed E-state index contributed by atoms with van der Waals surface area (Å²) in [5, 5.41) is 14.5. The number of hydrogen-bond acceptors (Lipinski definition) is 6. The van der Waals surface area contributed by atoms with Crippen LogP contribution in [0.5, 0.6) is 0 Å². The fraction of sp³-hybridized carbons (Fsp3) is 0.375. The summed E-state index contributed by atoms with van der Waals surface area (Å²) in [6.07, 6.45) is 1.36. The third-order valence-electron chi connectivity index (χ3n) is 8.13. The standard InChI is InChI=1S/C32H37N5O4/c1-24-7-11-27(12-8-24)31(38)36-23-29(21-30(36)32(39)34-19-16-33-17-20-34)35(18-15-25-5-3-2-4-6-25)22-26-9-13-28(14-10-26)37(40)41/h2-14,29-30,33H,15-23H2,1H3. The summed E-state index contributed by atoms with van der Waals surface area (Å²) in [5.74, 6) is -0.118. The molecule has 2 atom stereocenters. The average Bonchev–Trinajstić information content (AvgIpc) is 3.45. The molecule has 9 nitrogen and oxygen atoms in total. The predicted octanol–water partition coefficient (Wildman–Crippen LogP) is 3.66. The van der Waals surface area contributed by atoms with E-state index in [0.717, 1.165) is 37.2 Å². The summed E-state index contributed by atoms with van der Waals surface area (Å²) in [7, 11) is 0. The van der Waals surface area contributed by atoms with Gasteiger partial charge in [-0.25, -0.2) is 0 Å². The Hall–Kier alpha value is -4.08. The number of nitrogens with zero attached hydrogens (tertiary/aromatic N) is 4. The van der Waals surface area contributed by atoms with E-state index in [1.807, 2.05) is 54.3 Å². The van der Waals surface area contributed by atoms with Crippen molar-refractivity contribution in [2.45, 2.75) is 38.4 Å². The van der Waals surface area contributed by atoms with Crippen LogP contribution in [0.25, 0.3) is 0 Å². The number of carbonyl (C=O) groups excluding carboxylic acids is 2. The molecule has 41 heavy (non-hydrogen) atoms. The molecule has 214 valence electrons. The number of amides is 2. The number of non-ortho nitro benzene ring substituents is 1. The molecule has 0 bridgehead atoms. The lowest BCUT2D eigenvalue weighted by molar-refractivity contribution is -0.384. The fourth-order valence-corrected chi connectivity index (χ4v) is 5.76. The molecule has 0 spiro atoms. The molecule has 2 unspecified atom stereocenters. The Balaban J connectivity index is 1.41. The lowest BCUT2D eigenvalue weighted by Gasteiger charge is -2.32. The third kappa shape index (κ3) is 6.99. The molecular weight excluding hydrogens is 518 g/mol. The van der Waals surface area contributed by atoms with E-state index in [9.17, 15) is 19.7 Å². The number of hydrogen-bond donors (Lipinski definition) is 1. The first-order valence-electron chi connectivity index (χ1n) is 14.3. The van der Waals surface area contributed by atoms with E-state index in [1.165, 1.54) is 17.7 Å². The second kappa shape index (κ2) is 13.1. The zero-order chi connectivity index (χ0) is 28.8. The topological polar surface area (TPSA) is 99.0 Å². The Morgan fingerprint density at radius 3 is 2.29 bits per heavy atom. The van der Waals surface area contributed by atoms with Gasteiger partial charge in [0.05, 0.1) is 4.92 Å². The van der Waals surface area contributed by atoms with Gasteiger partial charge in [-0.1, -0.05) is 60.2 Å². The third-order valence-corrected chi connectivity index (χ3v) is 8.13. The Bertz CT molecular complexity index is 1340. The fourth-order valence-electron chi connectivity index (χ4n) is 5.76. The number of likely N-dealkylation sites (tertiary alicyclic amines) is 1. The Morgan fingerprint density at radius 2 is 1.63 bits per heavy atom. The first kappa shape index (κ1) is 28.4. The van der Waals surface area contributed by atoms with E-state index in [0.29, 0.717) is 38.2 Å². The highest BCUT2D eigenvalue weighted by molar-refractivity contribution is 5.98. The van der Waals surface area contributed by atoms with Crippen molar-refractivity contribution in [2.75, 3.05) is 39.3 Å². The van der Waals surface area contributed by atoms with Gasteiger partial charge in [-0.05, 0) is 43.0 Å². The normalized spacial score (nSPS) is 19.0. The lowest BCUT2D eigenvalue weighted by atomic mass is 10.1. The summed E-state index contributed by atoms with van der Waals surface area (Å²) in [6.45, 7) is 6.48. The van der Waals surface area contributed by atoms with E-state index in [1.54, 1.807) is 17.0 Å². The van der Waals surface area contributed by atoms with Crippen molar-refractivity contribution in [3.8, 4) is 0 Å². The predicted molar refractivity (Wildman–Crippen MR) is 158 cm³/mol. The van der Waals surface area contributed by atoms with E-state index in [4.69, 9.17) is 0 Å². The van der Waals surface area contributed by atoms with Crippen molar-refractivity contribution in [2.24, 2.45) is 0 Å². The molecule has 2 heterocycles. The summed E-state index contributed by atoms with van der Waals surface area (Å²) in [6, 6.07) is 23.8. The first-order chi connectivity index (χ1) is 19.9. The van der Waals surface area contributed by atoms with Crippen LogP contribution < -0.4 is 5.32 Å². The minimum absolute atomic E-state index is 0.00723. The van der Waals surface area contributed by atoms with Gasteiger partial charge in [-0.2, -0.15) is 0 Å². The Morgan fingerprint density at radius 1 is 0.951 bits per heavy atom. The highest BCUT2D eigenvalue weighted by Gasteiger charge is 2.43. The summed E-state index contributed by atoms with van der Waals surface area (Å²) >= 11 is 0. The van der Waals surface area contributed by atoms with Crippen molar-refractivity contribution in [1.29, 1.82) is 0 Å². The van der Waals surface area contributed by atoms with Crippen LogP contribution in [0.2, 0.25) is 0 Å². The number of nitro groups is 1. The molecule has 3 aromatic rings. The smallest absolute Gasteiger partial charge is 0.269 e. The zero-order valence-corrected chi connectivity index (χ0v) is 23.4. The number of rotatable bonds is 9. The van der Waals surface area contributed by atoms with Crippen LogP contribution in [0.4, 0.5) is 5.69 Å². The molecule has 3 aromatic carbocycles. The maximum atomic E-state index is 13.8. The SMILES string of the molecule is Cc1ccc(C(=O)N2CC(N(CCc3ccccc3)Cc3ccc([N+](=O)[O-])cc3)CC2C(=O)N2CCNCC2)cc1. The van der Waals surface area contributed by atoms with Crippen LogP contribution in [0.1, 0.15) is 33.5 Å². The van der Waals surface area contributed by atoms with Gasteiger partial charge in [0.2, 0.25) is 5.91 Å². The second-order valence-corrected chi connectivity index (χ2v) is 10.9. The lowest BCUT2D eigenvalue weighted by Crippen LogP contribution is -2.53. The molecule has 1 N–H and O–H groups in total. The molecule has 2 amide bonds. The minimum atomic E-state index is -0.539. The highest BCUT2D eigenvalue weighted by atomic mass is 16.6. The molecule has 2 aliphatic rings. The van der Waals surface area contributed by atoms with Crippen LogP contribution in [-0.4, -0.2) is 82.8 Å². The van der Waals surface area contributed by atoms with Gasteiger partial charge in [0.25, 0.3) is 11.6 Å². The van der Waals surface area contributed by atoms with Gasteiger partial charge in [-0.3, -0.25) is 24.6 Å². The van der Waals surface area contributed by atoms with Gasteiger partial charge in [0, 0.05) is 69.6 Å². The number of nitrogens with one attached hydrogen (secondary N) is 1. The second-order valence-electron chi connectivity index (χ2n) is 10.9. The Labute approximate surface area is 240 Å². The van der Waals surface area contributed by atoms with Gasteiger partial charge in [-0.15, -0.1) is 0 Å². The average molecular weight is 556 g/mol. The van der Waals surface area contributed by atoms with E-state index < -0.39 is 11.0 Å². The molecule has 2 fully saturated rings. The van der Waals surface area contributed by atoms with Crippen LogP contribution in [-0.2, 0) is 17.8 Å². The van der Waals surface area contributed by atoms with Crippen LogP contribution in [0.3, 0.4) is 0 Å². The molecule has 9 heteroatoms. The van der Waals surface area contributed by atoms with Crippen molar-refractivity contribution in [3.63, 3.8) is 0 Å². The molecule has 2 aliphatic heterocycles. The minimum Gasteiger partial charge on any atom is -0.338 e. The molecule has 0 saturated carbocycles. The summed E-state index contributed by atoms with van der Waals surface area (Å²) in [4.78, 5) is 44.4. The first-order valence-corrected chi connectivity index (χ1v) is 14.3. The molecule has 0 aliphatic carbocycles. The maximum Gasteiger partial charge on any atom is 0.269 e. The number of carbonyl (C=O) groups is 2. The van der Waals surface area contributed by atoms with Gasteiger partial charge >= 0.3 is 0 Å². The molecule has 0 radical (unpaired) electrons. The van der Waals surface area contributed by atoms with Gasteiger partial charge in [0.15, 0.2) is 0 Å². The number of nitro benzene ring substituents is 1. The zero-order valence-electron chi connectivity index (χ0n) is 23.4. The van der Waals surface area contributed by atoms with Crippen LogP contribution in [0.15, 0.2) is 78.9 Å². The van der Waals surface area contributed by atoms with Crippen LogP contribution >= 0.6 is 0 Å². The molecule has 0 aromatic heterocycles. The van der Waals surface area contributed by atoms with Crippen LogP contribution in [0, 0.1) is 17.0 Å². The summed E-state index contributed by atoms with van der Waals surface area (Å²) in [5.41, 5.74) is 3.88. The van der Waals surface area contributed by atoms with E-state index in [-0.39, 0.29) is 23.5 Å². The summed E-state index contributed by atoms with van der Waals surface area (Å²) < 4.78 is 0. The number of benzene rings is 3. The quantitative estimate of drug-likeness (QED) is 0.320. The van der Waals surface area contributed by atoms with Crippen molar-refractivity contribution in [3.05, 3.63) is 111 Å². The van der Waals surface area contributed by atoms with Gasteiger partial charge < -0.3 is 15.1 Å². The highest BCUT2D eigenvalue weighted by Crippen LogP contribution is 2.28. The van der Waals surface area contributed by atoms with Crippen molar-refractivity contribution in [1.82, 2.24) is 20.0 Å². The van der Waals surface area contributed by atoms with Crippen molar-refractivity contribution >= 4 is 17.5 Å². The number of aryl methyl sites for hydroxylation is 1. The van der Waals surface area contributed by atoms with E-state index in [2.05, 4.69) is 22.3 Å². The van der Waals surface area contributed by atoms with Gasteiger partial charge in [0.1, 0.15) is 6.04 Å². The molecule has 2 saturated heterocycles.